The van der Waals surface area contributed by atoms with Gasteiger partial charge in [-0.05, 0) is 36.4 Å². The molecule has 0 radical (unpaired) electrons. The number of halogens is 1. The number of fused-ring (bicyclic) bond motifs is 6. The van der Waals surface area contributed by atoms with E-state index < -0.39 is 10.0 Å². The second kappa shape index (κ2) is 8.11. The standard InChI is InChI=1S/C25H22FN7O3S/c1-27-25(34)16-11-29-33-12-23(31(2)37(3,35)36)15(10-21(16)33)18-7-8-19-24(30-18)22-9-14-17(26)5-4-6-20(14)32(22)13-28-19/h4-10,12-13,29H,11H2,1-3H3,(H,27,34). The van der Waals surface area contributed by atoms with Crippen LogP contribution in [0.25, 0.3) is 33.0 Å². The number of carbonyl (C=O) groups is 1. The number of carbonyl (C=O) groups excluding carboxylic acids is 1. The molecule has 0 atom stereocenters. The first-order valence-corrected chi connectivity index (χ1v) is 13.2. The van der Waals surface area contributed by atoms with Crippen molar-refractivity contribution in [2.45, 2.75) is 0 Å². The molecular weight excluding hydrogens is 497 g/mol. The molecule has 2 aliphatic heterocycles. The number of nitrogens with one attached hydrogen (secondary N) is 2. The fraction of sp³-hybridized carbons (Fsp3) is 0.160. The third-order valence-corrected chi connectivity index (χ3v) is 7.87. The number of allylic oxidation sites excluding steroid dienone is 2. The van der Waals surface area contributed by atoms with E-state index in [1.54, 1.807) is 59.3 Å². The van der Waals surface area contributed by atoms with Crippen LogP contribution in [-0.2, 0) is 14.8 Å². The first kappa shape index (κ1) is 23.1. The van der Waals surface area contributed by atoms with Crippen molar-refractivity contribution in [1.82, 2.24) is 34.4 Å². The molecule has 0 bridgehead atoms. The fourth-order valence-corrected chi connectivity index (χ4v) is 5.18. The molecule has 0 fully saturated rings. The van der Waals surface area contributed by atoms with Crippen molar-refractivity contribution >= 4 is 49.0 Å². The zero-order valence-electron chi connectivity index (χ0n) is 20.2. The molecule has 1 aromatic carbocycles. The zero-order chi connectivity index (χ0) is 26.1. The van der Waals surface area contributed by atoms with Crippen molar-refractivity contribution in [3.63, 3.8) is 0 Å². The van der Waals surface area contributed by atoms with Gasteiger partial charge in [-0.3, -0.25) is 18.5 Å². The number of hydrogen-bond donors (Lipinski definition) is 2. The summed E-state index contributed by atoms with van der Waals surface area (Å²) in [5, 5.41) is 4.72. The van der Waals surface area contributed by atoms with Gasteiger partial charge in [0.05, 0.1) is 45.5 Å². The second-order valence-electron chi connectivity index (χ2n) is 8.83. The molecule has 0 saturated heterocycles. The molecule has 6 rings (SSSR count). The molecule has 2 aliphatic rings. The summed E-state index contributed by atoms with van der Waals surface area (Å²) in [4.78, 5) is 21.8. The van der Waals surface area contributed by atoms with Gasteiger partial charge in [-0.25, -0.2) is 28.2 Å². The Kier molecular flexibility index (Phi) is 5.07. The van der Waals surface area contributed by atoms with Gasteiger partial charge < -0.3 is 5.32 Å². The molecule has 188 valence electrons. The largest absolute Gasteiger partial charge is 0.355 e. The van der Waals surface area contributed by atoms with E-state index in [2.05, 4.69) is 15.7 Å². The molecule has 5 heterocycles. The summed E-state index contributed by atoms with van der Waals surface area (Å²) in [6.07, 6.45) is 6.13. The number of sulfonamides is 1. The van der Waals surface area contributed by atoms with Crippen molar-refractivity contribution in [2.24, 2.45) is 0 Å². The number of likely N-dealkylation sites (N-methyl/N-ethyl adjacent to an activating group) is 2. The van der Waals surface area contributed by atoms with Gasteiger partial charge in [0.15, 0.2) is 0 Å². The van der Waals surface area contributed by atoms with Gasteiger partial charge in [0.25, 0.3) is 0 Å². The van der Waals surface area contributed by atoms with Gasteiger partial charge in [0.1, 0.15) is 17.7 Å². The van der Waals surface area contributed by atoms with Gasteiger partial charge in [-0.15, -0.1) is 0 Å². The number of pyridine rings is 1. The van der Waals surface area contributed by atoms with Crippen LogP contribution in [0.2, 0.25) is 0 Å². The Labute approximate surface area is 211 Å². The summed E-state index contributed by atoms with van der Waals surface area (Å²) in [6, 6.07) is 10.1. The van der Waals surface area contributed by atoms with E-state index in [4.69, 9.17) is 4.98 Å². The molecule has 3 aromatic heterocycles. The van der Waals surface area contributed by atoms with Gasteiger partial charge in [-0.1, -0.05) is 6.07 Å². The first-order chi connectivity index (χ1) is 17.7. The van der Waals surface area contributed by atoms with Crippen LogP contribution >= 0.6 is 0 Å². The third-order valence-electron chi connectivity index (χ3n) is 6.68. The number of hydrazine groups is 1. The highest BCUT2D eigenvalue weighted by molar-refractivity contribution is 7.88. The molecule has 1 amide bonds. The summed E-state index contributed by atoms with van der Waals surface area (Å²) in [6.45, 7) is 0.281. The highest BCUT2D eigenvalue weighted by Gasteiger charge is 2.32. The van der Waals surface area contributed by atoms with Gasteiger partial charge in [0.2, 0.25) is 15.9 Å². The minimum absolute atomic E-state index is 0.242. The fourth-order valence-electron chi connectivity index (χ4n) is 4.68. The van der Waals surface area contributed by atoms with Crippen LogP contribution in [0.4, 0.5) is 4.39 Å². The molecule has 37 heavy (non-hydrogen) atoms. The lowest BCUT2D eigenvalue weighted by Gasteiger charge is -2.29. The maximum absolute atomic E-state index is 14.5. The van der Waals surface area contributed by atoms with E-state index in [0.29, 0.717) is 55.7 Å². The van der Waals surface area contributed by atoms with Gasteiger partial charge in [-0.2, -0.15) is 0 Å². The molecule has 4 aromatic rings. The average Bonchev–Trinajstić information content (AvgIpc) is 3.48. The summed E-state index contributed by atoms with van der Waals surface area (Å²) >= 11 is 0. The monoisotopic (exact) mass is 519 g/mol. The molecule has 12 heteroatoms. The number of aromatic nitrogens is 3. The molecule has 10 nitrogen and oxygen atoms in total. The maximum Gasteiger partial charge on any atom is 0.250 e. The molecular formula is C25H22FN7O3S. The summed E-state index contributed by atoms with van der Waals surface area (Å²) in [5.74, 6) is -0.587. The summed E-state index contributed by atoms with van der Waals surface area (Å²) in [5.41, 5.74) is 8.02. The van der Waals surface area contributed by atoms with Crippen LogP contribution < -0.4 is 10.7 Å². The zero-order valence-corrected chi connectivity index (χ0v) is 21.0. The molecule has 0 aliphatic carbocycles. The summed E-state index contributed by atoms with van der Waals surface area (Å²) in [7, 11) is -0.602. The van der Waals surface area contributed by atoms with E-state index in [1.165, 1.54) is 17.4 Å². The molecule has 2 N–H and O–H groups in total. The topological polar surface area (TPSA) is 112 Å². The number of nitrogens with zero attached hydrogens (tertiary/aromatic N) is 5. The second-order valence-corrected chi connectivity index (χ2v) is 10.8. The first-order valence-electron chi connectivity index (χ1n) is 11.4. The Morgan fingerprint density at radius 3 is 2.78 bits per heavy atom. The SMILES string of the molecule is CNC(=O)C1=C2C=C(c3ccc4ncn5c6cccc(F)c6cc5c4n3)C(N(C)S(C)(=O)=O)=CN2NC1. The lowest BCUT2D eigenvalue weighted by molar-refractivity contribution is -0.117. The Hall–Kier alpha value is -4.29. The van der Waals surface area contributed by atoms with E-state index in [0.717, 1.165) is 6.26 Å². The van der Waals surface area contributed by atoms with Crippen molar-refractivity contribution in [2.75, 3.05) is 26.9 Å². The lowest BCUT2D eigenvalue weighted by Crippen LogP contribution is -2.33. The minimum Gasteiger partial charge on any atom is -0.355 e. The molecule has 0 spiro atoms. The van der Waals surface area contributed by atoms with E-state index in [-0.39, 0.29) is 18.3 Å². The predicted octanol–water partition coefficient (Wildman–Crippen LogP) is 2.12. The van der Waals surface area contributed by atoms with Crippen molar-refractivity contribution < 1.29 is 17.6 Å². The van der Waals surface area contributed by atoms with Crippen LogP contribution in [0.1, 0.15) is 5.69 Å². The number of amides is 1. The minimum atomic E-state index is -3.62. The van der Waals surface area contributed by atoms with Crippen LogP contribution in [-0.4, -0.2) is 64.9 Å². The van der Waals surface area contributed by atoms with Crippen LogP contribution in [0.15, 0.2) is 72.0 Å². The van der Waals surface area contributed by atoms with Crippen molar-refractivity contribution in [3.8, 4) is 0 Å². The maximum atomic E-state index is 14.5. The molecule has 0 saturated carbocycles. The number of benzene rings is 1. The number of rotatable bonds is 4. The smallest absolute Gasteiger partial charge is 0.250 e. The third kappa shape index (κ3) is 3.56. The van der Waals surface area contributed by atoms with Crippen LogP contribution in [0.3, 0.4) is 0 Å². The Bertz CT molecular complexity index is 1860. The van der Waals surface area contributed by atoms with Crippen molar-refractivity contribution in [3.05, 3.63) is 83.5 Å². The highest BCUT2D eigenvalue weighted by Crippen LogP contribution is 2.36. The quantitative estimate of drug-likeness (QED) is 0.425. The molecule has 0 unspecified atom stereocenters. The van der Waals surface area contributed by atoms with Gasteiger partial charge in [0, 0.05) is 37.8 Å². The van der Waals surface area contributed by atoms with E-state index in [1.807, 2.05) is 6.07 Å². The lowest BCUT2D eigenvalue weighted by atomic mass is 10.0. The van der Waals surface area contributed by atoms with Crippen LogP contribution in [0.5, 0.6) is 0 Å². The Morgan fingerprint density at radius 1 is 1.22 bits per heavy atom. The van der Waals surface area contributed by atoms with E-state index >= 15 is 0 Å². The normalized spacial score (nSPS) is 15.8. The predicted molar refractivity (Wildman–Crippen MR) is 138 cm³/mol. The average molecular weight is 520 g/mol. The van der Waals surface area contributed by atoms with E-state index in [9.17, 15) is 17.6 Å². The van der Waals surface area contributed by atoms with Crippen molar-refractivity contribution in [1.29, 1.82) is 0 Å². The highest BCUT2D eigenvalue weighted by atomic mass is 32.2. The summed E-state index contributed by atoms with van der Waals surface area (Å²) < 4.78 is 42.5. The van der Waals surface area contributed by atoms with Gasteiger partial charge >= 0.3 is 0 Å². The number of hydrogen-bond acceptors (Lipinski definition) is 7. The Morgan fingerprint density at radius 2 is 2.03 bits per heavy atom. The Balaban J connectivity index is 1.60. The van der Waals surface area contributed by atoms with Crippen LogP contribution in [0, 0.1) is 5.82 Å².